The van der Waals surface area contributed by atoms with Gasteiger partial charge < -0.3 is 15.6 Å². The van der Waals surface area contributed by atoms with E-state index in [1.165, 1.54) is 0 Å². The first kappa shape index (κ1) is 12.9. The largest absolute Gasteiger partial charge is 0.378 e. The van der Waals surface area contributed by atoms with E-state index >= 15 is 0 Å². The Morgan fingerprint density at radius 3 is 2.79 bits per heavy atom. The van der Waals surface area contributed by atoms with Gasteiger partial charge >= 0.3 is 0 Å². The molecular formula is C14H16N4O. The lowest BCUT2D eigenvalue weighted by atomic mass is 10.2. The van der Waals surface area contributed by atoms with Crippen molar-refractivity contribution >= 4 is 11.6 Å². The van der Waals surface area contributed by atoms with Crippen LogP contribution in [-0.2, 0) is 6.54 Å². The minimum atomic E-state index is -0.0996. The van der Waals surface area contributed by atoms with Gasteiger partial charge in [-0.3, -0.25) is 4.79 Å². The number of rotatable bonds is 6. The van der Waals surface area contributed by atoms with Crippen LogP contribution in [0.15, 0.2) is 49.3 Å². The number of imidazole rings is 1. The second-order valence-corrected chi connectivity index (χ2v) is 3.97. The number of nitrogens with zero attached hydrogens (tertiary/aromatic N) is 1. The van der Waals surface area contributed by atoms with Crippen LogP contribution in [0.4, 0.5) is 5.69 Å². The van der Waals surface area contributed by atoms with E-state index in [1.807, 2.05) is 12.1 Å². The van der Waals surface area contributed by atoms with Crippen LogP contribution in [0.25, 0.3) is 0 Å². The predicted octanol–water partition coefficient (Wildman–Crippen LogP) is 1.94. The van der Waals surface area contributed by atoms with Gasteiger partial charge in [0.1, 0.15) is 5.82 Å². The van der Waals surface area contributed by atoms with Crippen molar-refractivity contribution in [2.45, 2.75) is 6.54 Å². The summed E-state index contributed by atoms with van der Waals surface area (Å²) in [4.78, 5) is 18.8. The van der Waals surface area contributed by atoms with Gasteiger partial charge in [0.15, 0.2) is 0 Å². The fourth-order valence-electron chi connectivity index (χ4n) is 1.59. The molecule has 19 heavy (non-hydrogen) atoms. The van der Waals surface area contributed by atoms with Crippen LogP contribution in [0, 0.1) is 0 Å². The Hall–Kier alpha value is -2.56. The standard InChI is InChI=1S/C14H16N4O/c1-2-7-17-14(19)11-3-5-12(6-4-11)18-10-13-15-8-9-16-13/h2-6,8-9,18H,1,7,10H2,(H,15,16)(H,17,19). The third-order valence-corrected chi connectivity index (χ3v) is 2.57. The van der Waals surface area contributed by atoms with Gasteiger partial charge in [-0.25, -0.2) is 4.98 Å². The van der Waals surface area contributed by atoms with Crippen molar-refractivity contribution in [2.24, 2.45) is 0 Å². The van der Waals surface area contributed by atoms with E-state index in [9.17, 15) is 4.79 Å². The molecule has 2 aromatic rings. The number of aromatic nitrogens is 2. The minimum absolute atomic E-state index is 0.0996. The average molecular weight is 256 g/mol. The third-order valence-electron chi connectivity index (χ3n) is 2.57. The number of nitrogens with one attached hydrogen (secondary N) is 3. The molecule has 5 nitrogen and oxygen atoms in total. The highest BCUT2D eigenvalue weighted by Gasteiger charge is 2.03. The number of carbonyl (C=O) groups is 1. The van der Waals surface area contributed by atoms with Crippen molar-refractivity contribution in [3.63, 3.8) is 0 Å². The summed E-state index contributed by atoms with van der Waals surface area (Å²) in [6.45, 7) is 4.65. The Bertz CT molecular complexity index is 531. The van der Waals surface area contributed by atoms with Crippen molar-refractivity contribution in [3.8, 4) is 0 Å². The topological polar surface area (TPSA) is 69.8 Å². The maximum Gasteiger partial charge on any atom is 0.251 e. The Morgan fingerprint density at radius 1 is 1.37 bits per heavy atom. The first-order chi connectivity index (χ1) is 9.29. The Labute approximate surface area is 111 Å². The number of carbonyl (C=O) groups excluding carboxylic acids is 1. The first-order valence-corrected chi connectivity index (χ1v) is 6.01. The molecule has 0 radical (unpaired) electrons. The summed E-state index contributed by atoms with van der Waals surface area (Å²) in [5, 5.41) is 5.94. The van der Waals surface area contributed by atoms with Crippen molar-refractivity contribution in [2.75, 3.05) is 11.9 Å². The van der Waals surface area contributed by atoms with Gasteiger partial charge in [0.2, 0.25) is 0 Å². The molecule has 1 aromatic heterocycles. The van der Waals surface area contributed by atoms with Gasteiger partial charge in [-0.05, 0) is 24.3 Å². The Kier molecular flexibility index (Phi) is 4.34. The van der Waals surface area contributed by atoms with Crippen LogP contribution in [0.2, 0.25) is 0 Å². The zero-order valence-corrected chi connectivity index (χ0v) is 10.5. The third kappa shape index (κ3) is 3.70. The summed E-state index contributed by atoms with van der Waals surface area (Å²) in [5.41, 5.74) is 1.57. The molecule has 0 saturated carbocycles. The highest BCUT2D eigenvalue weighted by atomic mass is 16.1. The van der Waals surface area contributed by atoms with Crippen LogP contribution in [-0.4, -0.2) is 22.4 Å². The zero-order valence-electron chi connectivity index (χ0n) is 10.5. The molecule has 98 valence electrons. The summed E-state index contributed by atoms with van der Waals surface area (Å²) >= 11 is 0. The van der Waals surface area contributed by atoms with E-state index in [4.69, 9.17) is 0 Å². The summed E-state index contributed by atoms with van der Waals surface area (Å²) < 4.78 is 0. The number of hydrogen-bond acceptors (Lipinski definition) is 3. The van der Waals surface area contributed by atoms with Crippen LogP contribution in [0.1, 0.15) is 16.2 Å². The number of amides is 1. The lowest BCUT2D eigenvalue weighted by Gasteiger charge is -2.06. The van der Waals surface area contributed by atoms with E-state index < -0.39 is 0 Å². The summed E-state index contributed by atoms with van der Waals surface area (Å²) in [7, 11) is 0. The van der Waals surface area contributed by atoms with Crippen LogP contribution < -0.4 is 10.6 Å². The monoisotopic (exact) mass is 256 g/mol. The number of H-pyrrole nitrogens is 1. The number of anilines is 1. The summed E-state index contributed by atoms with van der Waals surface area (Å²) in [6, 6.07) is 7.29. The molecule has 2 rings (SSSR count). The normalized spacial score (nSPS) is 9.89. The highest BCUT2D eigenvalue weighted by molar-refractivity contribution is 5.94. The quantitative estimate of drug-likeness (QED) is 0.692. The van der Waals surface area contributed by atoms with Crippen molar-refractivity contribution in [1.29, 1.82) is 0 Å². The maximum absolute atomic E-state index is 11.7. The SMILES string of the molecule is C=CCNC(=O)c1ccc(NCc2ncc[nH]2)cc1. The molecule has 0 aliphatic heterocycles. The van der Waals surface area contributed by atoms with E-state index in [-0.39, 0.29) is 5.91 Å². The van der Waals surface area contributed by atoms with Gasteiger partial charge in [0.05, 0.1) is 6.54 Å². The van der Waals surface area contributed by atoms with Crippen molar-refractivity contribution < 1.29 is 4.79 Å². The van der Waals surface area contributed by atoms with E-state index in [1.54, 1.807) is 30.6 Å². The average Bonchev–Trinajstić information content (AvgIpc) is 2.96. The van der Waals surface area contributed by atoms with Gasteiger partial charge in [0, 0.05) is 30.2 Å². The van der Waals surface area contributed by atoms with Gasteiger partial charge in [-0.15, -0.1) is 6.58 Å². The number of hydrogen-bond donors (Lipinski definition) is 3. The van der Waals surface area contributed by atoms with Crippen LogP contribution in [0.5, 0.6) is 0 Å². The molecule has 0 aliphatic carbocycles. The summed E-state index contributed by atoms with van der Waals surface area (Å²) in [5.74, 6) is 0.769. The molecule has 0 aliphatic rings. The molecule has 0 atom stereocenters. The Balaban J connectivity index is 1.90. The van der Waals surface area contributed by atoms with E-state index in [0.29, 0.717) is 18.7 Å². The lowest BCUT2D eigenvalue weighted by Crippen LogP contribution is -2.23. The predicted molar refractivity (Wildman–Crippen MR) is 74.9 cm³/mol. The van der Waals surface area contributed by atoms with Gasteiger partial charge in [-0.2, -0.15) is 0 Å². The smallest absolute Gasteiger partial charge is 0.251 e. The molecule has 0 unspecified atom stereocenters. The molecular weight excluding hydrogens is 240 g/mol. The van der Waals surface area contributed by atoms with Gasteiger partial charge in [-0.1, -0.05) is 6.08 Å². The second kappa shape index (κ2) is 6.39. The zero-order chi connectivity index (χ0) is 13.5. The number of benzene rings is 1. The summed E-state index contributed by atoms with van der Waals surface area (Å²) in [6.07, 6.45) is 5.14. The van der Waals surface area contributed by atoms with E-state index in [2.05, 4.69) is 27.2 Å². The second-order valence-electron chi connectivity index (χ2n) is 3.97. The molecule has 3 N–H and O–H groups in total. The van der Waals surface area contributed by atoms with Crippen molar-refractivity contribution in [1.82, 2.24) is 15.3 Å². The van der Waals surface area contributed by atoms with Crippen LogP contribution >= 0.6 is 0 Å². The molecule has 0 fully saturated rings. The molecule has 0 bridgehead atoms. The fraction of sp³-hybridized carbons (Fsp3) is 0.143. The molecule has 0 spiro atoms. The molecule has 1 heterocycles. The fourth-order valence-corrected chi connectivity index (χ4v) is 1.59. The highest BCUT2D eigenvalue weighted by Crippen LogP contribution is 2.10. The lowest BCUT2D eigenvalue weighted by molar-refractivity contribution is 0.0958. The van der Waals surface area contributed by atoms with Crippen LogP contribution in [0.3, 0.4) is 0 Å². The molecule has 1 amide bonds. The molecule has 0 saturated heterocycles. The molecule has 5 heteroatoms. The first-order valence-electron chi connectivity index (χ1n) is 6.01. The maximum atomic E-state index is 11.7. The molecule has 1 aromatic carbocycles. The van der Waals surface area contributed by atoms with E-state index in [0.717, 1.165) is 11.5 Å². The number of aromatic amines is 1. The van der Waals surface area contributed by atoms with Crippen molar-refractivity contribution in [3.05, 3.63) is 60.7 Å². The van der Waals surface area contributed by atoms with Gasteiger partial charge in [0.25, 0.3) is 5.91 Å². The Morgan fingerprint density at radius 2 is 2.16 bits per heavy atom. The minimum Gasteiger partial charge on any atom is -0.378 e.